The van der Waals surface area contributed by atoms with Crippen molar-refractivity contribution in [3.8, 4) is 0 Å². The van der Waals surface area contributed by atoms with Gasteiger partial charge in [0, 0.05) is 17.6 Å². The minimum atomic E-state index is 0.0632. The molecule has 8 heteroatoms. The molecule has 0 bridgehead atoms. The maximum atomic E-state index is 6.22. The first-order valence-corrected chi connectivity index (χ1v) is 9.04. The van der Waals surface area contributed by atoms with Crippen LogP contribution in [-0.2, 0) is 0 Å². The summed E-state index contributed by atoms with van der Waals surface area (Å²) in [6, 6.07) is 5.77. The Morgan fingerprint density at radius 2 is 2.09 bits per heavy atom. The zero-order chi connectivity index (χ0) is 15.7. The number of fused-ring (bicyclic) bond motifs is 1. The summed E-state index contributed by atoms with van der Waals surface area (Å²) in [6.07, 6.45) is 3.81. The van der Waals surface area contributed by atoms with E-state index < -0.39 is 0 Å². The molecule has 0 saturated heterocycles. The van der Waals surface area contributed by atoms with Crippen molar-refractivity contribution in [3.63, 3.8) is 0 Å². The number of hydrogen-bond donors (Lipinski definition) is 2. The van der Waals surface area contributed by atoms with Crippen LogP contribution in [0.3, 0.4) is 0 Å². The summed E-state index contributed by atoms with van der Waals surface area (Å²) in [7, 11) is 0. The maximum absolute atomic E-state index is 6.22. The second-order valence-corrected chi connectivity index (χ2v) is 7.15. The van der Waals surface area contributed by atoms with Crippen LogP contribution in [0.15, 0.2) is 34.6 Å². The van der Waals surface area contributed by atoms with E-state index in [0.717, 1.165) is 21.6 Å². The molecule has 22 heavy (non-hydrogen) atoms. The molecular weight excluding hydrogens is 338 g/mol. The number of anilines is 1. The van der Waals surface area contributed by atoms with Gasteiger partial charge in [-0.15, -0.1) is 11.8 Å². The third-order valence-corrected chi connectivity index (χ3v) is 5.02. The molecule has 3 N–H and O–H groups in total. The van der Waals surface area contributed by atoms with Crippen LogP contribution in [0.1, 0.15) is 17.9 Å². The van der Waals surface area contributed by atoms with Gasteiger partial charge in [0.15, 0.2) is 10.3 Å². The maximum Gasteiger partial charge on any atom is 0.191 e. The highest BCUT2D eigenvalue weighted by Gasteiger charge is 2.15. The molecule has 3 aromatic rings. The second kappa shape index (κ2) is 6.36. The summed E-state index contributed by atoms with van der Waals surface area (Å²) < 4.78 is 0. The minimum absolute atomic E-state index is 0.0632. The van der Waals surface area contributed by atoms with E-state index in [1.807, 2.05) is 31.5 Å². The standard InChI is InChI=1S/C14H14ClN5S2/c1-7(22-14-19-10(16)6-11(20-14)21-2)9-5-8-3-4-17-12(8)13(15)18-9/h3-7,17H,1-2H3,(H2,16,19,20). The van der Waals surface area contributed by atoms with Gasteiger partial charge >= 0.3 is 0 Å². The van der Waals surface area contributed by atoms with Gasteiger partial charge in [0.25, 0.3) is 0 Å². The Hall–Kier alpha value is -1.44. The van der Waals surface area contributed by atoms with E-state index in [-0.39, 0.29) is 5.25 Å². The molecule has 3 aromatic heterocycles. The number of aromatic nitrogens is 4. The number of halogens is 1. The highest BCUT2D eigenvalue weighted by molar-refractivity contribution is 7.99. The summed E-state index contributed by atoms with van der Waals surface area (Å²) in [4.78, 5) is 16.3. The largest absolute Gasteiger partial charge is 0.384 e. The number of thioether (sulfide) groups is 2. The zero-order valence-corrected chi connectivity index (χ0v) is 14.4. The van der Waals surface area contributed by atoms with E-state index in [9.17, 15) is 0 Å². The van der Waals surface area contributed by atoms with Crippen LogP contribution >= 0.6 is 35.1 Å². The van der Waals surface area contributed by atoms with Gasteiger partial charge in [-0.2, -0.15) is 0 Å². The Kier molecular flexibility index (Phi) is 4.46. The molecule has 0 radical (unpaired) electrons. The molecule has 5 nitrogen and oxygen atoms in total. The summed E-state index contributed by atoms with van der Waals surface area (Å²) in [5.41, 5.74) is 7.56. The van der Waals surface area contributed by atoms with Crippen LogP contribution in [0.2, 0.25) is 5.15 Å². The summed E-state index contributed by atoms with van der Waals surface area (Å²) >= 11 is 9.27. The number of H-pyrrole nitrogens is 1. The van der Waals surface area contributed by atoms with Crippen molar-refractivity contribution in [2.24, 2.45) is 0 Å². The quantitative estimate of drug-likeness (QED) is 0.318. The molecule has 3 rings (SSSR count). The van der Waals surface area contributed by atoms with Crippen LogP contribution in [0.25, 0.3) is 10.9 Å². The molecule has 0 aliphatic heterocycles. The molecule has 114 valence electrons. The number of hydrogen-bond acceptors (Lipinski definition) is 6. The lowest BCUT2D eigenvalue weighted by molar-refractivity contribution is 0.888. The summed E-state index contributed by atoms with van der Waals surface area (Å²) in [5, 5.41) is 3.08. The molecule has 0 aliphatic carbocycles. The normalized spacial score (nSPS) is 12.7. The van der Waals surface area contributed by atoms with Gasteiger partial charge < -0.3 is 10.7 Å². The average molecular weight is 352 g/mol. The summed E-state index contributed by atoms with van der Waals surface area (Å²) in [5.74, 6) is 0.473. The number of pyridine rings is 1. The first-order valence-electron chi connectivity index (χ1n) is 6.55. The van der Waals surface area contributed by atoms with Gasteiger partial charge in [-0.05, 0) is 25.3 Å². The van der Waals surface area contributed by atoms with Gasteiger partial charge in [-0.1, -0.05) is 23.4 Å². The van der Waals surface area contributed by atoms with Crippen LogP contribution in [0.5, 0.6) is 0 Å². The van der Waals surface area contributed by atoms with Crippen molar-refractivity contribution in [1.82, 2.24) is 19.9 Å². The monoisotopic (exact) mass is 351 g/mol. The van der Waals surface area contributed by atoms with Crippen molar-refractivity contribution < 1.29 is 0 Å². The van der Waals surface area contributed by atoms with E-state index in [2.05, 4.69) is 19.9 Å². The number of nitrogen functional groups attached to an aromatic ring is 1. The fourth-order valence-corrected chi connectivity index (χ4v) is 3.65. The highest BCUT2D eigenvalue weighted by Crippen LogP contribution is 2.35. The predicted octanol–water partition coefficient (Wildman–Crippen LogP) is 4.16. The molecule has 0 aliphatic rings. The number of nitrogens with zero attached hydrogens (tertiary/aromatic N) is 3. The SMILES string of the molecule is CSc1cc(N)nc(SC(C)c2cc3cc[nH]c3c(Cl)n2)n1. The van der Waals surface area contributed by atoms with Crippen LogP contribution in [0.4, 0.5) is 5.82 Å². The third-order valence-electron chi connectivity index (χ3n) is 3.13. The molecule has 3 heterocycles. The zero-order valence-electron chi connectivity index (χ0n) is 12.0. The predicted molar refractivity (Wildman–Crippen MR) is 93.6 cm³/mol. The van der Waals surface area contributed by atoms with Gasteiger partial charge in [0.05, 0.1) is 16.5 Å². The van der Waals surface area contributed by atoms with E-state index in [4.69, 9.17) is 17.3 Å². The van der Waals surface area contributed by atoms with Gasteiger partial charge in [0.2, 0.25) is 0 Å². The van der Waals surface area contributed by atoms with E-state index in [1.54, 1.807) is 17.8 Å². The fraction of sp³-hybridized carbons (Fsp3) is 0.214. The van der Waals surface area contributed by atoms with E-state index in [1.165, 1.54) is 11.8 Å². The molecular formula is C14H14ClN5S2. The average Bonchev–Trinajstić information content (AvgIpc) is 2.95. The third kappa shape index (κ3) is 3.16. The summed E-state index contributed by atoms with van der Waals surface area (Å²) in [6.45, 7) is 2.05. The lowest BCUT2D eigenvalue weighted by atomic mass is 10.2. The van der Waals surface area contributed by atoms with Gasteiger partial charge in [-0.3, -0.25) is 0 Å². The van der Waals surface area contributed by atoms with Crippen molar-refractivity contribution in [3.05, 3.63) is 35.2 Å². The Labute approximate surface area is 141 Å². The Bertz CT molecular complexity index is 820. The van der Waals surface area contributed by atoms with Gasteiger partial charge in [0.1, 0.15) is 10.8 Å². The topological polar surface area (TPSA) is 80.5 Å². The molecule has 1 unspecified atom stereocenters. The Morgan fingerprint density at radius 1 is 1.27 bits per heavy atom. The second-order valence-electron chi connectivity index (χ2n) is 4.66. The Morgan fingerprint density at radius 3 is 2.86 bits per heavy atom. The lowest BCUT2D eigenvalue weighted by Gasteiger charge is -2.11. The molecule has 0 aromatic carbocycles. The molecule has 0 spiro atoms. The van der Waals surface area contributed by atoms with E-state index in [0.29, 0.717) is 16.1 Å². The van der Waals surface area contributed by atoms with Crippen LogP contribution < -0.4 is 5.73 Å². The minimum Gasteiger partial charge on any atom is -0.384 e. The first-order chi connectivity index (χ1) is 10.6. The molecule has 1 atom stereocenters. The number of nitrogens with one attached hydrogen (secondary N) is 1. The highest BCUT2D eigenvalue weighted by atomic mass is 35.5. The molecule has 0 saturated carbocycles. The number of nitrogens with two attached hydrogens (primary N) is 1. The van der Waals surface area contributed by atoms with Crippen molar-refractivity contribution in [2.45, 2.75) is 22.4 Å². The molecule has 0 amide bonds. The fourth-order valence-electron chi connectivity index (χ4n) is 2.05. The van der Waals surface area contributed by atoms with Gasteiger partial charge in [-0.25, -0.2) is 15.0 Å². The first kappa shape index (κ1) is 15.5. The van der Waals surface area contributed by atoms with Crippen molar-refractivity contribution in [1.29, 1.82) is 0 Å². The van der Waals surface area contributed by atoms with E-state index >= 15 is 0 Å². The van der Waals surface area contributed by atoms with Crippen molar-refractivity contribution in [2.75, 3.05) is 12.0 Å². The lowest BCUT2D eigenvalue weighted by Crippen LogP contribution is -1.99. The molecule has 0 fully saturated rings. The number of aromatic amines is 1. The number of rotatable bonds is 4. The van der Waals surface area contributed by atoms with Crippen LogP contribution in [-0.4, -0.2) is 26.2 Å². The van der Waals surface area contributed by atoms with Crippen molar-refractivity contribution >= 4 is 51.8 Å². The smallest absolute Gasteiger partial charge is 0.191 e. The van der Waals surface area contributed by atoms with Crippen LogP contribution in [0, 0.1) is 0 Å². The Balaban J connectivity index is 1.89.